The molecule has 0 saturated carbocycles. The highest BCUT2D eigenvalue weighted by Gasteiger charge is 2.05. The Balaban J connectivity index is 2.65. The normalized spacial score (nSPS) is 10.5. The maximum Gasteiger partial charge on any atom is 0.0447 e. The number of aliphatic hydroxyl groups is 2. The summed E-state index contributed by atoms with van der Waals surface area (Å²) in [5.74, 6) is 0. The second-order valence-electron chi connectivity index (χ2n) is 4.16. The van der Waals surface area contributed by atoms with E-state index in [4.69, 9.17) is 10.2 Å². The third kappa shape index (κ3) is 4.75. The molecule has 0 aliphatic rings. The van der Waals surface area contributed by atoms with Crippen LogP contribution in [0.2, 0.25) is 0 Å². The van der Waals surface area contributed by atoms with E-state index in [2.05, 4.69) is 36.1 Å². The maximum absolute atomic E-state index is 8.89. The van der Waals surface area contributed by atoms with Crippen LogP contribution in [0.15, 0.2) is 24.3 Å². The fourth-order valence-corrected chi connectivity index (χ4v) is 1.84. The molecule has 2 N–H and O–H groups in total. The summed E-state index contributed by atoms with van der Waals surface area (Å²) in [5.41, 5.74) is 2.50. The monoisotopic (exact) mass is 237 g/mol. The van der Waals surface area contributed by atoms with E-state index in [0.717, 1.165) is 32.4 Å². The van der Waals surface area contributed by atoms with Crippen molar-refractivity contribution in [2.24, 2.45) is 0 Å². The Hall–Kier alpha value is -1.06. The largest absolute Gasteiger partial charge is 0.396 e. The van der Waals surface area contributed by atoms with Crippen LogP contribution in [0.25, 0.3) is 0 Å². The first-order valence-electron chi connectivity index (χ1n) is 6.37. The molecule has 0 aliphatic carbocycles. The van der Waals surface area contributed by atoms with Gasteiger partial charge in [0.1, 0.15) is 0 Å². The fourth-order valence-electron chi connectivity index (χ4n) is 1.84. The van der Waals surface area contributed by atoms with Crippen LogP contribution in [-0.4, -0.2) is 36.5 Å². The Kier molecular flexibility index (Phi) is 6.67. The van der Waals surface area contributed by atoms with E-state index in [9.17, 15) is 0 Å². The van der Waals surface area contributed by atoms with Gasteiger partial charge in [0.15, 0.2) is 0 Å². The molecule has 1 aromatic carbocycles. The zero-order valence-corrected chi connectivity index (χ0v) is 10.6. The number of anilines is 1. The summed E-state index contributed by atoms with van der Waals surface area (Å²) in [6.45, 7) is 4.24. The molecule has 1 aromatic rings. The zero-order chi connectivity index (χ0) is 12.5. The van der Waals surface area contributed by atoms with Gasteiger partial charge in [-0.15, -0.1) is 0 Å². The van der Waals surface area contributed by atoms with E-state index in [1.54, 1.807) is 0 Å². The summed E-state index contributed by atoms with van der Waals surface area (Å²) in [5, 5.41) is 17.8. The Morgan fingerprint density at radius 1 is 0.941 bits per heavy atom. The lowest BCUT2D eigenvalue weighted by Gasteiger charge is -2.24. The standard InChI is InChI=1S/C14H23NO2/c1-2-13-5-7-14(8-6-13)15(9-3-11-16)10-4-12-17/h5-8,16-17H,2-4,9-12H2,1H3. The lowest BCUT2D eigenvalue weighted by molar-refractivity contribution is 0.282. The number of rotatable bonds is 8. The van der Waals surface area contributed by atoms with Crippen LogP contribution < -0.4 is 4.90 Å². The van der Waals surface area contributed by atoms with E-state index in [0.29, 0.717) is 0 Å². The Bertz CT molecular complexity index is 290. The summed E-state index contributed by atoms with van der Waals surface area (Å²) >= 11 is 0. The molecule has 0 heterocycles. The van der Waals surface area contributed by atoms with Crippen LogP contribution >= 0.6 is 0 Å². The Morgan fingerprint density at radius 3 is 1.88 bits per heavy atom. The third-order valence-corrected chi connectivity index (χ3v) is 2.88. The highest BCUT2D eigenvalue weighted by Crippen LogP contribution is 2.16. The minimum absolute atomic E-state index is 0.211. The van der Waals surface area contributed by atoms with Gasteiger partial charge in [0.05, 0.1) is 0 Å². The predicted octanol–water partition coefficient (Wildman–Crippen LogP) is 1.82. The van der Waals surface area contributed by atoms with Crippen molar-refractivity contribution in [3.63, 3.8) is 0 Å². The molecule has 0 saturated heterocycles. The van der Waals surface area contributed by atoms with Crippen LogP contribution in [0.5, 0.6) is 0 Å². The molecule has 96 valence electrons. The number of hydrogen-bond acceptors (Lipinski definition) is 3. The van der Waals surface area contributed by atoms with Crippen molar-refractivity contribution in [1.29, 1.82) is 0 Å². The molecule has 17 heavy (non-hydrogen) atoms. The summed E-state index contributed by atoms with van der Waals surface area (Å²) in [7, 11) is 0. The molecule has 3 nitrogen and oxygen atoms in total. The van der Waals surface area contributed by atoms with Crippen molar-refractivity contribution in [2.45, 2.75) is 26.2 Å². The second-order valence-corrected chi connectivity index (χ2v) is 4.16. The van der Waals surface area contributed by atoms with Crippen molar-refractivity contribution in [3.8, 4) is 0 Å². The summed E-state index contributed by atoms with van der Waals surface area (Å²) in [6, 6.07) is 8.52. The number of aliphatic hydroxyl groups excluding tert-OH is 2. The molecule has 0 aromatic heterocycles. The van der Waals surface area contributed by atoms with E-state index in [1.807, 2.05) is 0 Å². The number of benzene rings is 1. The maximum atomic E-state index is 8.89. The van der Waals surface area contributed by atoms with Crippen LogP contribution in [0, 0.1) is 0 Å². The van der Waals surface area contributed by atoms with Gasteiger partial charge in [-0.2, -0.15) is 0 Å². The van der Waals surface area contributed by atoms with Gasteiger partial charge in [-0.05, 0) is 37.0 Å². The third-order valence-electron chi connectivity index (χ3n) is 2.88. The number of aryl methyl sites for hydroxylation is 1. The van der Waals surface area contributed by atoms with Gasteiger partial charge >= 0.3 is 0 Å². The van der Waals surface area contributed by atoms with Crippen molar-refractivity contribution < 1.29 is 10.2 Å². The molecule has 0 unspecified atom stereocenters. The molecule has 0 aliphatic heterocycles. The van der Waals surface area contributed by atoms with E-state index in [1.165, 1.54) is 11.3 Å². The fraction of sp³-hybridized carbons (Fsp3) is 0.571. The molecule has 1 rings (SSSR count). The lowest BCUT2D eigenvalue weighted by Crippen LogP contribution is -2.26. The van der Waals surface area contributed by atoms with Gasteiger partial charge in [0.2, 0.25) is 0 Å². The molecule has 0 radical (unpaired) electrons. The molecule has 3 heteroatoms. The van der Waals surface area contributed by atoms with E-state index in [-0.39, 0.29) is 13.2 Å². The van der Waals surface area contributed by atoms with Gasteiger partial charge in [-0.3, -0.25) is 0 Å². The number of nitrogens with zero attached hydrogens (tertiary/aromatic N) is 1. The van der Waals surface area contributed by atoms with E-state index < -0.39 is 0 Å². The van der Waals surface area contributed by atoms with Gasteiger partial charge in [-0.25, -0.2) is 0 Å². The second kappa shape index (κ2) is 8.09. The minimum atomic E-state index is 0.211. The van der Waals surface area contributed by atoms with Crippen LogP contribution in [0.1, 0.15) is 25.3 Å². The smallest absolute Gasteiger partial charge is 0.0447 e. The average molecular weight is 237 g/mol. The summed E-state index contributed by atoms with van der Waals surface area (Å²) in [6.07, 6.45) is 2.58. The van der Waals surface area contributed by atoms with Crippen molar-refractivity contribution in [1.82, 2.24) is 0 Å². The van der Waals surface area contributed by atoms with E-state index >= 15 is 0 Å². The lowest BCUT2D eigenvalue weighted by atomic mass is 10.1. The highest BCUT2D eigenvalue weighted by molar-refractivity contribution is 5.47. The number of hydrogen-bond donors (Lipinski definition) is 2. The van der Waals surface area contributed by atoms with Crippen molar-refractivity contribution in [2.75, 3.05) is 31.2 Å². The molecule has 0 atom stereocenters. The van der Waals surface area contributed by atoms with Crippen molar-refractivity contribution in [3.05, 3.63) is 29.8 Å². The molecular weight excluding hydrogens is 214 g/mol. The van der Waals surface area contributed by atoms with Gasteiger partial charge < -0.3 is 15.1 Å². The molecular formula is C14H23NO2. The predicted molar refractivity (Wildman–Crippen MR) is 71.4 cm³/mol. The SMILES string of the molecule is CCc1ccc(N(CCCO)CCCO)cc1. The minimum Gasteiger partial charge on any atom is -0.396 e. The van der Waals surface area contributed by atoms with Crippen molar-refractivity contribution >= 4 is 5.69 Å². The topological polar surface area (TPSA) is 43.7 Å². The molecule has 0 bridgehead atoms. The van der Waals surface area contributed by atoms with Gasteiger partial charge in [0, 0.05) is 32.0 Å². The van der Waals surface area contributed by atoms with Gasteiger partial charge in [0.25, 0.3) is 0 Å². The summed E-state index contributed by atoms with van der Waals surface area (Å²) < 4.78 is 0. The highest BCUT2D eigenvalue weighted by atomic mass is 16.3. The molecule has 0 amide bonds. The zero-order valence-electron chi connectivity index (χ0n) is 10.6. The first kappa shape index (κ1) is 14.0. The Labute approximate surface area is 104 Å². The average Bonchev–Trinajstić information content (AvgIpc) is 2.39. The van der Waals surface area contributed by atoms with Crippen LogP contribution in [0.4, 0.5) is 5.69 Å². The van der Waals surface area contributed by atoms with Crippen LogP contribution in [0.3, 0.4) is 0 Å². The first-order chi connectivity index (χ1) is 8.31. The van der Waals surface area contributed by atoms with Crippen LogP contribution in [-0.2, 0) is 6.42 Å². The quantitative estimate of drug-likeness (QED) is 0.725. The Morgan fingerprint density at radius 2 is 1.47 bits per heavy atom. The molecule has 0 spiro atoms. The first-order valence-corrected chi connectivity index (χ1v) is 6.37. The molecule has 0 fully saturated rings. The summed E-state index contributed by atoms with van der Waals surface area (Å²) in [4.78, 5) is 2.21. The van der Waals surface area contributed by atoms with Gasteiger partial charge in [-0.1, -0.05) is 19.1 Å².